The van der Waals surface area contributed by atoms with Crippen LogP contribution >= 0.6 is 0 Å². The summed E-state index contributed by atoms with van der Waals surface area (Å²) in [6, 6.07) is 5.97. The summed E-state index contributed by atoms with van der Waals surface area (Å²) >= 11 is 0. The van der Waals surface area contributed by atoms with E-state index in [1.807, 2.05) is 0 Å². The number of carbonyl (C=O) groups excluding carboxylic acids is 1. The van der Waals surface area contributed by atoms with Crippen molar-refractivity contribution in [2.45, 2.75) is 69.1 Å². The van der Waals surface area contributed by atoms with Gasteiger partial charge in [-0.3, -0.25) is 14.5 Å². The van der Waals surface area contributed by atoms with Gasteiger partial charge < -0.3 is 19.8 Å². The fourth-order valence-electron chi connectivity index (χ4n) is 6.44. The molecule has 2 saturated carbocycles. The summed E-state index contributed by atoms with van der Waals surface area (Å²) in [6.07, 6.45) is 7.25. The fourth-order valence-corrected chi connectivity index (χ4v) is 6.44. The highest BCUT2D eigenvalue weighted by Gasteiger charge is 2.52. The van der Waals surface area contributed by atoms with Gasteiger partial charge in [-0.1, -0.05) is 12.8 Å². The topological polar surface area (TPSA) is 90.3 Å². The summed E-state index contributed by atoms with van der Waals surface area (Å²) < 4.78 is 19.2. The highest BCUT2D eigenvalue weighted by atomic mass is 19.1. The van der Waals surface area contributed by atoms with E-state index in [0.29, 0.717) is 29.9 Å². The van der Waals surface area contributed by atoms with E-state index in [0.717, 1.165) is 58.3 Å². The molecule has 0 aromatic heterocycles. The van der Waals surface area contributed by atoms with E-state index in [1.165, 1.54) is 25.0 Å². The van der Waals surface area contributed by atoms with Crippen LogP contribution in [0.4, 0.5) is 4.39 Å². The van der Waals surface area contributed by atoms with Crippen molar-refractivity contribution >= 4 is 12.4 Å². The number of ether oxygens (including phenoxy) is 1. The van der Waals surface area contributed by atoms with E-state index in [2.05, 4.69) is 9.80 Å². The Balaban J connectivity index is 0.000000821. The van der Waals surface area contributed by atoms with Crippen LogP contribution in [0.5, 0.6) is 5.75 Å². The number of carboxylic acid groups (broad SMARTS) is 1. The predicted molar refractivity (Wildman–Crippen MR) is 120 cm³/mol. The van der Waals surface area contributed by atoms with Crippen LogP contribution in [-0.2, 0) is 9.59 Å². The maximum absolute atomic E-state index is 13.7. The van der Waals surface area contributed by atoms with Crippen molar-refractivity contribution in [3.63, 3.8) is 0 Å². The van der Waals surface area contributed by atoms with Crippen LogP contribution in [-0.4, -0.2) is 76.3 Å². The zero-order chi connectivity index (χ0) is 23.4. The van der Waals surface area contributed by atoms with Gasteiger partial charge >= 0.3 is 0 Å². The second-order valence-electron chi connectivity index (χ2n) is 9.92. The number of rotatable bonds is 4. The number of aliphatic hydroxyl groups is 1. The summed E-state index contributed by atoms with van der Waals surface area (Å²) in [7, 11) is 0. The first-order valence-corrected chi connectivity index (χ1v) is 12.2. The highest BCUT2D eigenvalue weighted by Crippen LogP contribution is 2.43. The molecule has 4 fully saturated rings. The molecular weight excluding hydrogens is 427 g/mol. The van der Waals surface area contributed by atoms with Crippen LogP contribution in [0.2, 0.25) is 0 Å². The van der Waals surface area contributed by atoms with Crippen LogP contribution in [0, 0.1) is 17.7 Å². The van der Waals surface area contributed by atoms with E-state index in [-0.39, 0.29) is 23.9 Å². The van der Waals surface area contributed by atoms with Crippen LogP contribution in [0.1, 0.15) is 51.4 Å². The lowest BCUT2D eigenvalue weighted by Crippen LogP contribution is -2.57. The van der Waals surface area contributed by atoms with Gasteiger partial charge in [-0.25, -0.2) is 4.39 Å². The monoisotopic (exact) mass is 462 g/mol. The Labute approximate surface area is 194 Å². The van der Waals surface area contributed by atoms with E-state index in [9.17, 15) is 14.3 Å². The van der Waals surface area contributed by atoms with E-state index in [4.69, 9.17) is 14.6 Å². The summed E-state index contributed by atoms with van der Waals surface area (Å²) in [5.41, 5.74) is -0.271. The molecule has 0 spiro atoms. The van der Waals surface area contributed by atoms with Gasteiger partial charge in [-0.05, 0) is 87.7 Å². The molecule has 0 unspecified atom stereocenters. The summed E-state index contributed by atoms with van der Waals surface area (Å²) in [6.45, 7) is 3.39. The predicted octanol–water partition coefficient (Wildman–Crippen LogP) is 2.91. The Morgan fingerprint density at radius 2 is 1.61 bits per heavy atom. The van der Waals surface area contributed by atoms with Gasteiger partial charge in [0, 0.05) is 13.1 Å². The SMILES string of the molecule is O=C(N1C[C@H]2C[C@@H](Oc3ccc(F)cc3)[C@H](O)C[C@H]2C1)C1(N2CCCC2)CCCC1.O=CO. The Hall–Kier alpha value is -2.19. The van der Waals surface area contributed by atoms with Crippen molar-refractivity contribution in [3.05, 3.63) is 30.1 Å². The molecule has 0 bridgehead atoms. The van der Waals surface area contributed by atoms with Crippen molar-refractivity contribution in [2.24, 2.45) is 11.8 Å². The minimum absolute atomic E-state index is 0.250. The van der Waals surface area contributed by atoms with Crippen LogP contribution in [0.3, 0.4) is 0 Å². The molecule has 4 aliphatic rings. The Kier molecular flexibility index (Phi) is 7.54. The first-order chi connectivity index (χ1) is 16.0. The third-order valence-electron chi connectivity index (χ3n) is 8.01. The van der Waals surface area contributed by atoms with E-state index >= 15 is 0 Å². The molecule has 2 heterocycles. The fraction of sp³-hybridized carbons (Fsp3) is 0.680. The number of benzene rings is 1. The smallest absolute Gasteiger partial charge is 0.290 e. The summed E-state index contributed by atoms with van der Waals surface area (Å²) in [5.74, 6) is 1.33. The maximum Gasteiger partial charge on any atom is 0.290 e. The van der Waals surface area contributed by atoms with E-state index in [1.54, 1.807) is 12.1 Å². The minimum atomic E-state index is -0.551. The Morgan fingerprint density at radius 3 is 2.21 bits per heavy atom. The van der Waals surface area contributed by atoms with Gasteiger partial charge in [0.15, 0.2) is 0 Å². The number of aliphatic hydroxyl groups excluding tert-OH is 1. The maximum atomic E-state index is 13.7. The zero-order valence-electron chi connectivity index (χ0n) is 19.1. The molecule has 1 aromatic carbocycles. The lowest BCUT2D eigenvalue weighted by molar-refractivity contribution is -0.143. The molecule has 1 amide bonds. The van der Waals surface area contributed by atoms with Gasteiger partial charge in [0.05, 0.1) is 6.10 Å². The van der Waals surface area contributed by atoms with Crippen LogP contribution < -0.4 is 4.74 Å². The third kappa shape index (κ3) is 5.01. The van der Waals surface area contributed by atoms with Gasteiger partial charge in [0.2, 0.25) is 5.91 Å². The average Bonchev–Trinajstić information content (AvgIpc) is 3.56. The molecule has 4 atom stereocenters. The molecule has 8 heteroatoms. The zero-order valence-corrected chi connectivity index (χ0v) is 19.1. The standard InChI is InChI=1S/C24H33FN2O3.CH2O2/c25-19-5-7-20(8-6-19)30-22-14-18-16-26(15-17(18)13-21(22)28)23(29)24(9-1-2-10-24)27-11-3-4-12-27;2-1-3/h5-8,17-18,21-22,28H,1-4,9-16H2;1H,(H,2,3)/t17-,18+,21+,22+;/m0./s1. The van der Waals surface area contributed by atoms with Gasteiger partial charge in [-0.15, -0.1) is 0 Å². The molecule has 2 saturated heterocycles. The quantitative estimate of drug-likeness (QED) is 0.669. The molecule has 1 aromatic rings. The third-order valence-corrected chi connectivity index (χ3v) is 8.01. The molecule has 2 aliphatic heterocycles. The van der Waals surface area contributed by atoms with Gasteiger partial charge in [0.1, 0.15) is 23.2 Å². The summed E-state index contributed by atoms with van der Waals surface area (Å²) in [5, 5.41) is 17.6. The van der Waals surface area contributed by atoms with Crippen molar-refractivity contribution in [1.82, 2.24) is 9.80 Å². The molecule has 182 valence electrons. The molecule has 0 radical (unpaired) electrons. The second kappa shape index (κ2) is 10.4. The lowest BCUT2D eigenvalue weighted by atomic mass is 9.78. The number of fused-ring (bicyclic) bond motifs is 1. The van der Waals surface area contributed by atoms with Gasteiger partial charge in [-0.2, -0.15) is 0 Å². The Bertz CT molecular complexity index is 808. The molecule has 7 nitrogen and oxygen atoms in total. The van der Waals surface area contributed by atoms with Crippen molar-refractivity contribution in [1.29, 1.82) is 0 Å². The van der Waals surface area contributed by atoms with Crippen molar-refractivity contribution < 1.29 is 28.9 Å². The second-order valence-corrected chi connectivity index (χ2v) is 9.92. The normalized spacial score (nSPS) is 30.9. The number of amides is 1. The number of likely N-dealkylation sites (tertiary alicyclic amines) is 2. The van der Waals surface area contributed by atoms with Crippen LogP contribution in [0.15, 0.2) is 24.3 Å². The number of halogens is 1. The van der Waals surface area contributed by atoms with Crippen molar-refractivity contribution in [2.75, 3.05) is 26.2 Å². The first-order valence-electron chi connectivity index (χ1n) is 12.2. The van der Waals surface area contributed by atoms with E-state index < -0.39 is 6.10 Å². The lowest BCUT2D eigenvalue weighted by Gasteiger charge is -2.40. The number of hydrogen-bond donors (Lipinski definition) is 2. The number of carbonyl (C=O) groups is 2. The largest absolute Gasteiger partial charge is 0.488 e. The molecular formula is C25H35FN2O5. The van der Waals surface area contributed by atoms with Crippen LogP contribution in [0.25, 0.3) is 0 Å². The van der Waals surface area contributed by atoms with Crippen molar-refractivity contribution in [3.8, 4) is 5.75 Å². The molecule has 33 heavy (non-hydrogen) atoms. The Morgan fingerprint density at radius 1 is 1.03 bits per heavy atom. The number of hydrogen-bond acceptors (Lipinski definition) is 5. The minimum Gasteiger partial charge on any atom is -0.488 e. The first kappa shape index (κ1) is 24.0. The number of nitrogens with zero attached hydrogens (tertiary/aromatic N) is 2. The average molecular weight is 463 g/mol. The summed E-state index contributed by atoms with van der Waals surface area (Å²) in [4.78, 5) is 26.7. The molecule has 2 aliphatic carbocycles. The molecule has 2 N–H and O–H groups in total. The highest BCUT2D eigenvalue weighted by molar-refractivity contribution is 5.87. The van der Waals surface area contributed by atoms with Gasteiger partial charge in [0.25, 0.3) is 6.47 Å². The molecule has 5 rings (SSSR count).